The second-order valence-electron chi connectivity index (χ2n) is 7.26. The van der Waals surface area contributed by atoms with Crippen LogP contribution in [0.1, 0.15) is 20.7 Å². The van der Waals surface area contributed by atoms with Crippen molar-refractivity contribution in [3.8, 4) is 22.3 Å². The minimum atomic E-state index is -3.98. The molecule has 0 unspecified atom stereocenters. The normalized spacial score (nSPS) is 11.2. The maximum atomic E-state index is 13.8. The number of hydrogen-bond donors (Lipinski definition) is 2. The van der Waals surface area contributed by atoms with Crippen molar-refractivity contribution in [1.82, 2.24) is 0 Å². The summed E-state index contributed by atoms with van der Waals surface area (Å²) in [5.41, 5.74) is 2.25. The van der Waals surface area contributed by atoms with Crippen LogP contribution in [-0.2, 0) is 9.84 Å². The number of benzene rings is 4. The number of sulfone groups is 1. The fourth-order valence-corrected chi connectivity index (χ4v) is 5.29. The van der Waals surface area contributed by atoms with Gasteiger partial charge < -0.3 is 10.2 Å². The van der Waals surface area contributed by atoms with Gasteiger partial charge in [0.1, 0.15) is 0 Å². The van der Waals surface area contributed by atoms with Crippen LogP contribution in [0.15, 0.2) is 107 Å². The first kappa shape index (κ1) is 22.0. The Kier molecular flexibility index (Phi) is 5.81. The van der Waals surface area contributed by atoms with Gasteiger partial charge in [-0.3, -0.25) is 0 Å². The molecule has 0 fully saturated rings. The van der Waals surface area contributed by atoms with Crippen LogP contribution in [0, 0.1) is 0 Å². The number of carboxylic acids is 2. The molecule has 4 rings (SSSR count). The van der Waals surface area contributed by atoms with Gasteiger partial charge in [-0.15, -0.1) is 0 Å². The van der Waals surface area contributed by atoms with Crippen LogP contribution in [0.2, 0.25) is 0 Å². The van der Waals surface area contributed by atoms with Crippen LogP contribution in [0.4, 0.5) is 0 Å². The van der Waals surface area contributed by atoms with Gasteiger partial charge in [0.15, 0.2) is 0 Å². The van der Waals surface area contributed by atoms with E-state index in [1.807, 2.05) is 0 Å². The minimum Gasteiger partial charge on any atom is -0.478 e. The first-order valence-electron chi connectivity index (χ1n) is 9.89. The van der Waals surface area contributed by atoms with Crippen molar-refractivity contribution in [3.05, 3.63) is 108 Å². The van der Waals surface area contributed by atoms with Gasteiger partial charge in [0, 0.05) is 11.1 Å². The summed E-state index contributed by atoms with van der Waals surface area (Å²) in [5.74, 6) is -2.13. The van der Waals surface area contributed by atoms with E-state index in [0.29, 0.717) is 22.3 Å². The average Bonchev–Trinajstić information content (AvgIpc) is 2.84. The largest absolute Gasteiger partial charge is 0.478 e. The highest BCUT2D eigenvalue weighted by Crippen LogP contribution is 2.36. The van der Waals surface area contributed by atoms with Crippen LogP contribution in [0.3, 0.4) is 0 Å². The van der Waals surface area contributed by atoms with Crippen molar-refractivity contribution < 1.29 is 28.2 Å². The Hall–Kier alpha value is -4.23. The van der Waals surface area contributed by atoms with Gasteiger partial charge in [0.25, 0.3) is 0 Å². The van der Waals surface area contributed by atoms with Gasteiger partial charge in [-0.05, 0) is 47.5 Å². The molecular formula is C26H18O6S. The Morgan fingerprint density at radius 2 is 0.848 bits per heavy atom. The van der Waals surface area contributed by atoms with E-state index in [4.69, 9.17) is 10.2 Å². The predicted molar refractivity (Wildman–Crippen MR) is 123 cm³/mol. The lowest BCUT2D eigenvalue weighted by Gasteiger charge is -2.14. The lowest BCUT2D eigenvalue weighted by atomic mass is 10.0. The topological polar surface area (TPSA) is 109 Å². The maximum Gasteiger partial charge on any atom is 0.335 e. The molecule has 2 N–H and O–H groups in total. The molecule has 0 aliphatic rings. The molecular weight excluding hydrogens is 440 g/mol. The third-order valence-corrected chi connectivity index (χ3v) is 7.11. The summed E-state index contributed by atoms with van der Waals surface area (Å²) in [7, 11) is -3.98. The van der Waals surface area contributed by atoms with Gasteiger partial charge in [0.05, 0.1) is 20.9 Å². The first-order valence-corrected chi connectivity index (χ1v) is 11.4. The number of aromatic carboxylic acids is 2. The SMILES string of the molecule is O=C(O)c1ccc(-c2ccccc2S(=O)(=O)c2ccccc2-c2ccc(C(=O)O)cc2)cc1. The highest BCUT2D eigenvalue weighted by Gasteiger charge is 2.25. The molecule has 0 aromatic heterocycles. The molecule has 0 radical (unpaired) electrons. The molecule has 0 bridgehead atoms. The zero-order valence-electron chi connectivity index (χ0n) is 17.2. The van der Waals surface area contributed by atoms with Crippen molar-refractivity contribution in [2.24, 2.45) is 0 Å². The van der Waals surface area contributed by atoms with Gasteiger partial charge in [-0.25, -0.2) is 18.0 Å². The quantitative estimate of drug-likeness (QED) is 0.408. The van der Waals surface area contributed by atoms with E-state index in [2.05, 4.69) is 0 Å². The Morgan fingerprint density at radius 3 is 1.18 bits per heavy atom. The molecule has 7 heteroatoms. The summed E-state index contributed by atoms with van der Waals surface area (Å²) < 4.78 is 27.6. The molecule has 6 nitrogen and oxygen atoms in total. The van der Waals surface area contributed by atoms with E-state index < -0.39 is 21.8 Å². The van der Waals surface area contributed by atoms with Gasteiger partial charge in [-0.1, -0.05) is 60.7 Å². The third kappa shape index (κ3) is 4.26. The van der Waals surface area contributed by atoms with E-state index >= 15 is 0 Å². The summed E-state index contributed by atoms with van der Waals surface area (Å²) in [6, 6.07) is 25.1. The monoisotopic (exact) mass is 458 g/mol. The van der Waals surface area contributed by atoms with Crippen molar-refractivity contribution in [2.75, 3.05) is 0 Å². The van der Waals surface area contributed by atoms with Gasteiger partial charge in [-0.2, -0.15) is 0 Å². The van der Waals surface area contributed by atoms with Crippen LogP contribution < -0.4 is 0 Å². The lowest BCUT2D eigenvalue weighted by molar-refractivity contribution is 0.0686. The summed E-state index contributed by atoms with van der Waals surface area (Å²) >= 11 is 0. The maximum absolute atomic E-state index is 13.8. The molecule has 4 aromatic carbocycles. The average molecular weight is 458 g/mol. The van der Waals surface area contributed by atoms with E-state index in [1.54, 1.807) is 60.7 Å². The molecule has 0 saturated carbocycles. The molecule has 0 spiro atoms. The van der Waals surface area contributed by atoms with E-state index in [1.165, 1.54) is 36.4 Å². The molecule has 0 atom stereocenters. The Morgan fingerprint density at radius 1 is 0.515 bits per heavy atom. The molecule has 33 heavy (non-hydrogen) atoms. The number of carboxylic acid groups (broad SMARTS) is 2. The highest BCUT2D eigenvalue weighted by molar-refractivity contribution is 7.91. The van der Waals surface area contributed by atoms with Crippen LogP contribution in [0.25, 0.3) is 22.3 Å². The zero-order chi connectivity index (χ0) is 23.6. The molecule has 4 aromatic rings. The Balaban J connectivity index is 1.84. The zero-order valence-corrected chi connectivity index (χ0v) is 18.0. The van der Waals surface area contributed by atoms with Crippen LogP contribution in [-0.4, -0.2) is 30.6 Å². The molecule has 164 valence electrons. The smallest absolute Gasteiger partial charge is 0.335 e. The van der Waals surface area contributed by atoms with Gasteiger partial charge in [0.2, 0.25) is 9.84 Å². The molecule has 0 aliphatic heterocycles. The van der Waals surface area contributed by atoms with Crippen molar-refractivity contribution >= 4 is 21.8 Å². The standard InChI is InChI=1S/C26H18O6S/c27-25(28)19-13-9-17(10-14-19)21-5-1-3-7-23(21)33(31,32)24-8-4-2-6-22(24)18-11-15-20(16-12-18)26(29)30/h1-16H,(H,27,28)(H,29,30). The van der Waals surface area contributed by atoms with Crippen LogP contribution >= 0.6 is 0 Å². The van der Waals surface area contributed by atoms with E-state index in [0.717, 1.165) is 0 Å². The first-order chi connectivity index (χ1) is 15.8. The minimum absolute atomic E-state index is 0.0858. The Bertz CT molecular complexity index is 1350. The second kappa shape index (κ2) is 8.72. The van der Waals surface area contributed by atoms with Crippen LogP contribution in [0.5, 0.6) is 0 Å². The number of rotatable bonds is 6. The van der Waals surface area contributed by atoms with Crippen molar-refractivity contribution in [3.63, 3.8) is 0 Å². The second-order valence-corrected chi connectivity index (χ2v) is 9.15. The van der Waals surface area contributed by atoms with E-state index in [9.17, 15) is 18.0 Å². The fraction of sp³-hybridized carbons (Fsp3) is 0. The molecule has 0 saturated heterocycles. The van der Waals surface area contributed by atoms with Gasteiger partial charge >= 0.3 is 11.9 Å². The van der Waals surface area contributed by atoms with E-state index in [-0.39, 0.29) is 20.9 Å². The summed E-state index contributed by atoms with van der Waals surface area (Å²) in [6.45, 7) is 0. The summed E-state index contributed by atoms with van der Waals surface area (Å²) in [6.07, 6.45) is 0. The lowest BCUT2D eigenvalue weighted by Crippen LogP contribution is -2.06. The Labute approximate surface area is 190 Å². The van der Waals surface area contributed by atoms with Crippen molar-refractivity contribution in [2.45, 2.75) is 9.79 Å². The third-order valence-electron chi connectivity index (χ3n) is 5.24. The summed E-state index contributed by atoms with van der Waals surface area (Å²) in [4.78, 5) is 22.5. The fourth-order valence-electron chi connectivity index (χ4n) is 3.58. The molecule has 0 heterocycles. The predicted octanol–water partition coefficient (Wildman–Crippen LogP) is 5.25. The molecule has 0 amide bonds. The highest BCUT2D eigenvalue weighted by atomic mass is 32.2. The number of hydrogen-bond acceptors (Lipinski definition) is 4. The molecule has 0 aliphatic carbocycles. The number of carbonyl (C=O) groups is 2. The van der Waals surface area contributed by atoms with Crippen molar-refractivity contribution in [1.29, 1.82) is 0 Å². The summed E-state index contributed by atoms with van der Waals surface area (Å²) in [5, 5.41) is 18.3.